The zero-order chi connectivity index (χ0) is 11.5. The number of nitrogens with two attached hydrogens (primary N) is 1. The monoisotopic (exact) mass is 218 g/mol. The number of hydrogen-bond donors (Lipinski definition) is 1. The van der Waals surface area contributed by atoms with Gasteiger partial charge in [0.05, 0.1) is 18.8 Å². The molecule has 1 unspecified atom stereocenters. The molecule has 0 aliphatic carbocycles. The van der Waals surface area contributed by atoms with Crippen LogP contribution in [-0.4, -0.2) is 25.2 Å². The maximum atomic E-state index is 6.06. The van der Waals surface area contributed by atoms with Gasteiger partial charge in [0.1, 0.15) is 0 Å². The van der Waals surface area contributed by atoms with Crippen molar-refractivity contribution in [1.29, 1.82) is 0 Å². The molecule has 0 bridgehead atoms. The highest BCUT2D eigenvalue weighted by molar-refractivity contribution is 5.21. The van der Waals surface area contributed by atoms with Crippen LogP contribution in [0.4, 0.5) is 0 Å². The van der Waals surface area contributed by atoms with E-state index in [0.717, 1.165) is 11.3 Å². The van der Waals surface area contributed by atoms with E-state index in [0.29, 0.717) is 12.2 Å². The summed E-state index contributed by atoms with van der Waals surface area (Å²) in [5.41, 5.74) is 8.02. The van der Waals surface area contributed by atoms with Gasteiger partial charge in [-0.3, -0.25) is 4.98 Å². The summed E-state index contributed by atoms with van der Waals surface area (Å²) in [5.74, 6) is 0.639. The van der Waals surface area contributed by atoms with Crippen LogP contribution in [0.2, 0.25) is 0 Å². The predicted octanol–water partition coefficient (Wildman–Crippen LogP) is 0.156. The predicted molar refractivity (Wildman–Crippen MR) is 58.4 cm³/mol. The summed E-state index contributed by atoms with van der Waals surface area (Å²) in [5, 5.41) is 11.8. The number of aryl methyl sites for hydroxylation is 2. The Morgan fingerprint density at radius 3 is 2.94 bits per heavy atom. The fourth-order valence-corrected chi connectivity index (χ4v) is 1.58. The Kier molecular flexibility index (Phi) is 2.91. The van der Waals surface area contributed by atoms with Gasteiger partial charge in [-0.1, -0.05) is 6.07 Å². The van der Waals surface area contributed by atoms with Crippen molar-refractivity contribution in [1.82, 2.24) is 25.2 Å². The zero-order valence-corrected chi connectivity index (χ0v) is 9.33. The molecule has 0 amide bonds. The summed E-state index contributed by atoms with van der Waals surface area (Å²) >= 11 is 0. The van der Waals surface area contributed by atoms with Crippen LogP contribution in [0.1, 0.15) is 23.1 Å². The van der Waals surface area contributed by atoms with E-state index >= 15 is 0 Å². The zero-order valence-electron chi connectivity index (χ0n) is 9.33. The second-order valence-corrected chi connectivity index (χ2v) is 3.71. The molecule has 0 aromatic carbocycles. The minimum Gasteiger partial charge on any atom is -0.322 e. The number of hydrogen-bond acceptors (Lipinski definition) is 5. The lowest BCUT2D eigenvalue weighted by Crippen LogP contribution is -2.17. The molecule has 0 aliphatic rings. The Morgan fingerprint density at radius 2 is 2.31 bits per heavy atom. The average molecular weight is 218 g/mol. The van der Waals surface area contributed by atoms with E-state index in [2.05, 4.69) is 20.4 Å². The molecule has 84 valence electrons. The van der Waals surface area contributed by atoms with Gasteiger partial charge < -0.3 is 5.73 Å². The van der Waals surface area contributed by atoms with Crippen LogP contribution in [0.15, 0.2) is 18.3 Å². The van der Waals surface area contributed by atoms with Gasteiger partial charge in [0.25, 0.3) is 0 Å². The summed E-state index contributed by atoms with van der Waals surface area (Å²) in [6.45, 7) is 1.99. The van der Waals surface area contributed by atoms with Crippen molar-refractivity contribution in [3.8, 4) is 0 Å². The summed E-state index contributed by atoms with van der Waals surface area (Å²) in [7, 11) is 1.73. The minimum atomic E-state index is -0.189. The fourth-order valence-electron chi connectivity index (χ4n) is 1.58. The highest BCUT2D eigenvalue weighted by atomic mass is 15.6. The third kappa shape index (κ3) is 2.22. The molecule has 2 aromatic heterocycles. The van der Waals surface area contributed by atoms with Crippen molar-refractivity contribution in [2.75, 3.05) is 0 Å². The largest absolute Gasteiger partial charge is 0.322 e. The maximum absolute atomic E-state index is 6.06. The number of aromatic nitrogens is 5. The Morgan fingerprint density at radius 1 is 1.50 bits per heavy atom. The van der Waals surface area contributed by atoms with Crippen LogP contribution < -0.4 is 5.73 Å². The van der Waals surface area contributed by atoms with Crippen LogP contribution in [-0.2, 0) is 13.5 Å². The maximum Gasteiger partial charge on any atom is 0.176 e. The third-order valence-corrected chi connectivity index (χ3v) is 2.35. The molecule has 2 N–H and O–H groups in total. The van der Waals surface area contributed by atoms with Gasteiger partial charge >= 0.3 is 0 Å². The van der Waals surface area contributed by atoms with E-state index in [-0.39, 0.29) is 6.04 Å². The molecule has 16 heavy (non-hydrogen) atoms. The first kappa shape index (κ1) is 10.7. The van der Waals surface area contributed by atoms with Gasteiger partial charge in [0.15, 0.2) is 5.82 Å². The Hall–Kier alpha value is -1.82. The van der Waals surface area contributed by atoms with Crippen molar-refractivity contribution < 1.29 is 0 Å². The lowest BCUT2D eigenvalue weighted by atomic mass is 10.1. The van der Waals surface area contributed by atoms with E-state index in [9.17, 15) is 0 Å². The molecule has 2 rings (SSSR count). The van der Waals surface area contributed by atoms with Gasteiger partial charge in [0, 0.05) is 12.6 Å². The van der Waals surface area contributed by atoms with E-state index in [4.69, 9.17) is 5.73 Å². The molecular weight excluding hydrogens is 204 g/mol. The standard InChI is InChI=1S/C10H14N6/c1-7-4-3-5-12-10(7)8(11)6-9-13-15-16(2)14-9/h3-5,8H,6,11H2,1-2H3. The van der Waals surface area contributed by atoms with Crippen molar-refractivity contribution in [3.05, 3.63) is 35.4 Å². The first-order valence-electron chi connectivity index (χ1n) is 5.07. The molecule has 6 heteroatoms. The number of tetrazole rings is 1. The van der Waals surface area contributed by atoms with Crippen LogP contribution >= 0.6 is 0 Å². The highest BCUT2D eigenvalue weighted by Crippen LogP contribution is 2.14. The second-order valence-electron chi connectivity index (χ2n) is 3.71. The Labute approximate surface area is 93.5 Å². The number of rotatable bonds is 3. The summed E-state index contributed by atoms with van der Waals surface area (Å²) in [6.07, 6.45) is 2.29. The van der Waals surface area contributed by atoms with Crippen molar-refractivity contribution in [2.45, 2.75) is 19.4 Å². The SMILES string of the molecule is Cc1cccnc1C(N)Cc1nnn(C)n1. The normalized spacial score (nSPS) is 12.7. The third-order valence-electron chi connectivity index (χ3n) is 2.35. The van der Waals surface area contributed by atoms with Crippen LogP contribution in [0, 0.1) is 6.92 Å². The van der Waals surface area contributed by atoms with Crippen molar-refractivity contribution in [2.24, 2.45) is 12.8 Å². The highest BCUT2D eigenvalue weighted by Gasteiger charge is 2.13. The Balaban J connectivity index is 2.14. The molecule has 1 atom stereocenters. The van der Waals surface area contributed by atoms with E-state index in [1.54, 1.807) is 13.2 Å². The molecule has 0 radical (unpaired) electrons. The van der Waals surface area contributed by atoms with Crippen LogP contribution in [0.3, 0.4) is 0 Å². The smallest absolute Gasteiger partial charge is 0.176 e. The summed E-state index contributed by atoms with van der Waals surface area (Å²) in [6, 6.07) is 3.70. The fraction of sp³-hybridized carbons (Fsp3) is 0.400. The summed E-state index contributed by atoms with van der Waals surface area (Å²) < 4.78 is 0. The molecule has 6 nitrogen and oxygen atoms in total. The molecule has 0 aliphatic heterocycles. The Bertz CT molecular complexity index is 478. The van der Waals surface area contributed by atoms with E-state index < -0.39 is 0 Å². The van der Waals surface area contributed by atoms with Crippen LogP contribution in [0.25, 0.3) is 0 Å². The molecule has 2 heterocycles. The molecule has 0 saturated heterocycles. The average Bonchev–Trinajstić information content (AvgIpc) is 2.64. The lowest BCUT2D eigenvalue weighted by molar-refractivity contribution is 0.620. The molecule has 0 saturated carbocycles. The lowest BCUT2D eigenvalue weighted by Gasteiger charge is -2.10. The van der Waals surface area contributed by atoms with Crippen LogP contribution in [0.5, 0.6) is 0 Å². The molecule has 2 aromatic rings. The minimum absolute atomic E-state index is 0.189. The second kappa shape index (κ2) is 4.36. The molecule has 0 spiro atoms. The quantitative estimate of drug-likeness (QED) is 0.793. The first-order valence-corrected chi connectivity index (χ1v) is 5.07. The van der Waals surface area contributed by atoms with E-state index in [1.165, 1.54) is 4.80 Å². The van der Waals surface area contributed by atoms with Crippen molar-refractivity contribution >= 4 is 0 Å². The van der Waals surface area contributed by atoms with Gasteiger partial charge in [0.2, 0.25) is 0 Å². The van der Waals surface area contributed by atoms with Gasteiger partial charge in [-0.15, -0.1) is 10.2 Å². The van der Waals surface area contributed by atoms with Gasteiger partial charge in [-0.2, -0.15) is 4.80 Å². The van der Waals surface area contributed by atoms with Gasteiger partial charge in [-0.25, -0.2) is 0 Å². The molecular formula is C10H14N6. The van der Waals surface area contributed by atoms with Gasteiger partial charge in [-0.05, 0) is 23.8 Å². The number of pyridine rings is 1. The first-order chi connectivity index (χ1) is 7.66. The van der Waals surface area contributed by atoms with Crippen molar-refractivity contribution in [3.63, 3.8) is 0 Å². The van der Waals surface area contributed by atoms with E-state index in [1.807, 2.05) is 19.1 Å². The summed E-state index contributed by atoms with van der Waals surface area (Å²) in [4.78, 5) is 5.70. The molecule has 0 fully saturated rings. The topological polar surface area (TPSA) is 82.5 Å². The number of nitrogens with zero attached hydrogens (tertiary/aromatic N) is 5.